The van der Waals surface area contributed by atoms with Gasteiger partial charge in [0, 0.05) is 12.1 Å². The zero-order valence-electron chi connectivity index (χ0n) is 6.40. The van der Waals surface area contributed by atoms with Gasteiger partial charge >= 0.3 is 0 Å². The van der Waals surface area contributed by atoms with Gasteiger partial charge in [-0.25, -0.2) is 0 Å². The molecule has 0 aromatic rings. The molecular formula is C8H16N2. The van der Waals surface area contributed by atoms with Crippen LogP contribution in [0.25, 0.3) is 0 Å². The second-order valence-electron chi connectivity index (χ2n) is 3.41. The van der Waals surface area contributed by atoms with Gasteiger partial charge in [-0.15, -0.1) is 0 Å². The quantitative estimate of drug-likeness (QED) is 0.511. The average molecular weight is 140 g/mol. The molecule has 2 nitrogen and oxygen atoms in total. The van der Waals surface area contributed by atoms with Crippen LogP contribution < -0.4 is 10.6 Å². The van der Waals surface area contributed by atoms with Crippen LogP contribution in [0.3, 0.4) is 0 Å². The van der Waals surface area contributed by atoms with Crippen LogP contribution in [-0.2, 0) is 0 Å². The van der Waals surface area contributed by atoms with Crippen LogP contribution >= 0.6 is 0 Å². The van der Waals surface area contributed by atoms with Crippen molar-refractivity contribution >= 4 is 0 Å². The van der Waals surface area contributed by atoms with E-state index in [-0.39, 0.29) is 0 Å². The molecule has 0 bridgehead atoms. The molecule has 2 fully saturated rings. The first-order valence-electron chi connectivity index (χ1n) is 4.43. The zero-order valence-corrected chi connectivity index (χ0v) is 6.40. The number of fused-ring (bicyclic) bond motifs is 1. The largest absolute Gasteiger partial charge is 0.312 e. The summed E-state index contributed by atoms with van der Waals surface area (Å²) in [6.45, 7) is 2.48. The maximum Gasteiger partial charge on any atom is 0.0221 e. The van der Waals surface area contributed by atoms with Crippen LogP contribution in [0.4, 0.5) is 0 Å². The Bertz CT molecular complexity index is 99.8. The van der Waals surface area contributed by atoms with Gasteiger partial charge < -0.3 is 10.6 Å². The highest BCUT2D eigenvalue weighted by atomic mass is 15.1. The van der Waals surface area contributed by atoms with Crippen molar-refractivity contribution in [2.24, 2.45) is 0 Å². The van der Waals surface area contributed by atoms with Gasteiger partial charge in [-0.05, 0) is 38.8 Å². The standard InChI is InChI=1S/C8H16N2/c1-2-6-10-8-4-3-7(8)9-5-1/h7-10H,1-6H2. The predicted octanol–water partition coefficient (Wildman–Crippen LogP) is 0.490. The predicted molar refractivity (Wildman–Crippen MR) is 42.0 cm³/mol. The first kappa shape index (κ1) is 6.62. The van der Waals surface area contributed by atoms with Crippen LogP contribution in [0.1, 0.15) is 25.7 Å². The Hall–Kier alpha value is -0.0800. The van der Waals surface area contributed by atoms with Crippen molar-refractivity contribution in [3.8, 4) is 0 Å². The minimum Gasteiger partial charge on any atom is -0.312 e. The third kappa shape index (κ3) is 1.18. The Balaban J connectivity index is 1.83. The highest BCUT2D eigenvalue weighted by molar-refractivity contribution is 4.93. The van der Waals surface area contributed by atoms with Crippen molar-refractivity contribution in [3.63, 3.8) is 0 Å². The lowest BCUT2D eigenvalue weighted by Gasteiger charge is -2.39. The summed E-state index contributed by atoms with van der Waals surface area (Å²) in [4.78, 5) is 0. The summed E-state index contributed by atoms with van der Waals surface area (Å²) < 4.78 is 0. The van der Waals surface area contributed by atoms with Crippen molar-refractivity contribution in [1.29, 1.82) is 0 Å². The van der Waals surface area contributed by atoms with Gasteiger partial charge in [0.25, 0.3) is 0 Å². The van der Waals surface area contributed by atoms with E-state index in [2.05, 4.69) is 10.6 Å². The first-order valence-corrected chi connectivity index (χ1v) is 4.43. The van der Waals surface area contributed by atoms with E-state index in [1.54, 1.807) is 0 Å². The SMILES string of the molecule is C1CCNC2CCC2NC1. The monoisotopic (exact) mass is 140 g/mol. The molecule has 2 atom stereocenters. The molecule has 2 rings (SSSR count). The molecule has 2 N–H and O–H groups in total. The molecule has 1 saturated heterocycles. The molecule has 2 aliphatic rings. The Labute approximate surface area is 62.4 Å². The second-order valence-corrected chi connectivity index (χ2v) is 3.41. The van der Waals surface area contributed by atoms with Gasteiger partial charge in [0.15, 0.2) is 0 Å². The molecule has 1 aliphatic heterocycles. The van der Waals surface area contributed by atoms with E-state index >= 15 is 0 Å². The minimum atomic E-state index is 0.806. The molecule has 0 spiro atoms. The topological polar surface area (TPSA) is 24.1 Å². The van der Waals surface area contributed by atoms with E-state index < -0.39 is 0 Å². The number of rotatable bonds is 0. The molecule has 58 valence electrons. The Kier molecular flexibility index (Phi) is 1.91. The summed E-state index contributed by atoms with van der Waals surface area (Å²) in [5.41, 5.74) is 0. The minimum absolute atomic E-state index is 0.806. The fourth-order valence-electron chi connectivity index (χ4n) is 1.81. The molecular weight excluding hydrogens is 124 g/mol. The van der Waals surface area contributed by atoms with Crippen molar-refractivity contribution in [2.45, 2.75) is 37.8 Å². The zero-order chi connectivity index (χ0) is 6.81. The number of hydrogen-bond acceptors (Lipinski definition) is 2. The Morgan fingerprint density at radius 2 is 1.30 bits per heavy atom. The van der Waals surface area contributed by atoms with E-state index in [4.69, 9.17) is 0 Å². The molecule has 0 aromatic carbocycles. The molecule has 0 aromatic heterocycles. The van der Waals surface area contributed by atoms with Gasteiger partial charge in [-0.1, -0.05) is 0 Å². The van der Waals surface area contributed by atoms with E-state index in [1.165, 1.54) is 38.8 Å². The number of nitrogens with one attached hydrogen (secondary N) is 2. The maximum absolute atomic E-state index is 3.56. The van der Waals surface area contributed by atoms with Gasteiger partial charge in [0.05, 0.1) is 0 Å². The molecule has 1 aliphatic carbocycles. The van der Waals surface area contributed by atoms with Crippen molar-refractivity contribution in [3.05, 3.63) is 0 Å². The fraction of sp³-hybridized carbons (Fsp3) is 1.00. The van der Waals surface area contributed by atoms with Crippen LogP contribution in [0.5, 0.6) is 0 Å². The summed E-state index contributed by atoms with van der Waals surface area (Å²) >= 11 is 0. The summed E-state index contributed by atoms with van der Waals surface area (Å²) in [5.74, 6) is 0. The normalized spacial score (nSPS) is 40.8. The lowest BCUT2D eigenvalue weighted by atomic mass is 9.85. The van der Waals surface area contributed by atoms with Crippen LogP contribution in [0, 0.1) is 0 Å². The van der Waals surface area contributed by atoms with Crippen LogP contribution in [0.15, 0.2) is 0 Å². The van der Waals surface area contributed by atoms with Crippen molar-refractivity contribution < 1.29 is 0 Å². The van der Waals surface area contributed by atoms with Gasteiger partial charge in [0.1, 0.15) is 0 Å². The summed E-state index contributed by atoms with van der Waals surface area (Å²) in [5, 5.41) is 7.12. The average Bonchev–Trinajstić information content (AvgIpc) is 1.89. The van der Waals surface area contributed by atoms with Gasteiger partial charge in [-0.2, -0.15) is 0 Å². The molecule has 1 saturated carbocycles. The van der Waals surface area contributed by atoms with Crippen molar-refractivity contribution in [2.75, 3.05) is 13.1 Å². The lowest BCUT2D eigenvalue weighted by Crippen LogP contribution is -2.56. The summed E-state index contributed by atoms with van der Waals surface area (Å²) in [6.07, 6.45) is 5.46. The van der Waals surface area contributed by atoms with Gasteiger partial charge in [-0.3, -0.25) is 0 Å². The Morgan fingerprint density at radius 1 is 0.800 bits per heavy atom. The molecule has 0 amide bonds. The highest BCUT2D eigenvalue weighted by Gasteiger charge is 2.29. The molecule has 2 heteroatoms. The smallest absolute Gasteiger partial charge is 0.0221 e. The number of hydrogen-bond donors (Lipinski definition) is 2. The fourth-order valence-corrected chi connectivity index (χ4v) is 1.81. The maximum atomic E-state index is 3.56. The van der Waals surface area contributed by atoms with Crippen molar-refractivity contribution in [1.82, 2.24) is 10.6 Å². The van der Waals surface area contributed by atoms with Crippen LogP contribution in [0.2, 0.25) is 0 Å². The second kappa shape index (κ2) is 2.89. The van der Waals surface area contributed by atoms with E-state index in [0.29, 0.717) is 0 Å². The van der Waals surface area contributed by atoms with E-state index in [0.717, 1.165) is 12.1 Å². The summed E-state index contributed by atoms with van der Waals surface area (Å²) in [7, 11) is 0. The van der Waals surface area contributed by atoms with Crippen LogP contribution in [-0.4, -0.2) is 25.2 Å². The third-order valence-electron chi connectivity index (χ3n) is 2.69. The lowest BCUT2D eigenvalue weighted by molar-refractivity contribution is 0.225. The molecule has 1 heterocycles. The molecule has 2 unspecified atom stereocenters. The molecule has 0 radical (unpaired) electrons. The van der Waals surface area contributed by atoms with E-state index in [9.17, 15) is 0 Å². The van der Waals surface area contributed by atoms with E-state index in [1.807, 2.05) is 0 Å². The highest BCUT2D eigenvalue weighted by Crippen LogP contribution is 2.20. The van der Waals surface area contributed by atoms with Gasteiger partial charge in [0.2, 0.25) is 0 Å². The summed E-state index contributed by atoms with van der Waals surface area (Å²) in [6, 6.07) is 1.61. The first-order chi connectivity index (χ1) is 4.97. The third-order valence-corrected chi connectivity index (χ3v) is 2.69. The molecule has 10 heavy (non-hydrogen) atoms. The Morgan fingerprint density at radius 3 is 1.70 bits per heavy atom.